The van der Waals surface area contributed by atoms with Crippen molar-refractivity contribution >= 4 is 46.0 Å². The van der Waals surface area contributed by atoms with Crippen LogP contribution in [-0.2, 0) is 4.79 Å². The summed E-state index contributed by atoms with van der Waals surface area (Å²) in [4.78, 5) is 26.5. The summed E-state index contributed by atoms with van der Waals surface area (Å²) in [5, 5.41) is 10.7. The summed E-state index contributed by atoms with van der Waals surface area (Å²) >= 11 is 6.66. The average Bonchev–Trinajstić information content (AvgIpc) is 2.84. The molecule has 8 heteroatoms. The number of nitrogens with zero attached hydrogens (tertiary/aromatic N) is 2. The number of benzene rings is 1. The van der Waals surface area contributed by atoms with Gasteiger partial charge in [0.2, 0.25) is 0 Å². The molecule has 0 aliphatic carbocycles. The molecule has 1 aromatic rings. The number of nitro groups is 1. The molecular formula is C16H18N3O3S2+. The van der Waals surface area contributed by atoms with Gasteiger partial charge in [-0.2, -0.15) is 0 Å². The number of carbonyl (C=O) groups excluding carboxylic acids is 1. The molecule has 0 aromatic heterocycles. The fourth-order valence-corrected chi connectivity index (χ4v) is 4.17. The highest BCUT2D eigenvalue weighted by atomic mass is 32.2. The van der Waals surface area contributed by atoms with E-state index in [1.54, 1.807) is 23.1 Å². The number of nitro benzene ring substituents is 1. The van der Waals surface area contributed by atoms with Crippen molar-refractivity contribution < 1.29 is 14.6 Å². The highest BCUT2D eigenvalue weighted by Gasteiger charge is 2.34. The third kappa shape index (κ3) is 3.82. The molecule has 2 aliphatic rings. The Morgan fingerprint density at radius 3 is 2.54 bits per heavy atom. The standard InChI is InChI=1S/C16H17N3O3S2/c20-15-14(10-12-4-6-13(7-5-12)19(21)22)24-16(23)18(15)11-17-8-2-1-3-9-17/h4-7,10H,1-3,8-9,11H2/p+1/b14-10-. The Kier molecular flexibility index (Phi) is 5.27. The van der Waals surface area contributed by atoms with Crippen molar-refractivity contribution in [3.05, 3.63) is 44.8 Å². The predicted octanol–water partition coefficient (Wildman–Crippen LogP) is 1.82. The molecule has 2 saturated heterocycles. The third-order valence-electron chi connectivity index (χ3n) is 4.22. The lowest BCUT2D eigenvalue weighted by Crippen LogP contribution is -3.14. The molecule has 0 unspecified atom stereocenters. The van der Waals surface area contributed by atoms with Gasteiger partial charge in [0.15, 0.2) is 11.0 Å². The van der Waals surface area contributed by atoms with E-state index in [0.717, 1.165) is 18.7 Å². The van der Waals surface area contributed by atoms with Crippen molar-refractivity contribution in [1.82, 2.24) is 4.90 Å². The average molecular weight is 364 g/mol. The van der Waals surface area contributed by atoms with Gasteiger partial charge in [0.05, 0.1) is 22.9 Å². The number of non-ortho nitro benzene ring substituents is 1. The molecule has 1 aromatic carbocycles. The van der Waals surface area contributed by atoms with Crippen LogP contribution in [0.2, 0.25) is 0 Å². The highest BCUT2D eigenvalue weighted by molar-refractivity contribution is 8.26. The largest absolute Gasteiger partial charge is 0.317 e. The number of quaternary nitrogens is 1. The van der Waals surface area contributed by atoms with Gasteiger partial charge in [-0.1, -0.05) is 24.0 Å². The Morgan fingerprint density at radius 1 is 1.25 bits per heavy atom. The zero-order valence-electron chi connectivity index (χ0n) is 13.1. The number of thioether (sulfide) groups is 1. The maximum atomic E-state index is 12.6. The van der Waals surface area contributed by atoms with Gasteiger partial charge in [0, 0.05) is 12.1 Å². The number of nitrogens with one attached hydrogen (secondary N) is 1. The Hall–Kier alpha value is -1.77. The van der Waals surface area contributed by atoms with Gasteiger partial charge in [-0.3, -0.25) is 14.9 Å². The number of carbonyl (C=O) groups is 1. The van der Waals surface area contributed by atoms with Crippen molar-refractivity contribution in [1.29, 1.82) is 0 Å². The number of hydrogen-bond donors (Lipinski definition) is 1. The van der Waals surface area contributed by atoms with Crippen LogP contribution in [-0.4, -0.2) is 39.8 Å². The van der Waals surface area contributed by atoms with Crippen LogP contribution in [0.1, 0.15) is 24.8 Å². The van der Waals surface area contributed by atoms with E-state index in [2.05, 4.69) is 0 Å². The van der Waals surface area contributed by atoms with E-state index in [1.807, 2.05) is 0 Å². The lowest BCUT2D eigenvalue weighted by molar-refractivity contribution is -0.911. The summed E-state index contributed by atoms with van der Waals surface area (Å²) < 4.78 is 0.589. The minimum absolute atomic E-state index is 0.0356. The van der Waals surface area contributed by atoms with Gasteiger partial charge >= 0.3 is 0 Å². The second kappa shape index (κ2) is 7.42. The van der Waals surface area contributed by atoms with Crippen LogP contribution in [0.4, 0.5) is 5.69 Å². The summed E-state index contributed by atoms with van der Waals surface area (Å²) in [6.45, 7) is 2.79. The van der Waals surface area contributed by atoms with Crippen LogP contribution in [0.25, 0.3) is 6.08 Å². The molecule has 2 fully saturated rings. The first-order valence-corrected chi connectivity index (χ1v) is 9.10. The topological polar surface area (TPSA) is 67.9 Å². The Morgan fingerprint density at radius 2 is 1.92 bits per heavy atom. The quantitative estimate of drug-likeness (QED) is 0.382. The van der Waals surface area contributed by atoms with E-state index in [1.165, 1.54) is 48.1 Å². The molecular weight excluding hydrogens is 346 g/mol. The summed E-state index contributed by atoms with van der Waals surface area (Å²) in [5.41, 5.74) is 0.791. The molecule has 126 valence electrons. The van der Waals surface area contributed by atoms with Gasteiger partial charge in [-0.15, -0.1) is 0 Å². The van der Waals surface area contributed by atoms with Crippen molar-refractivity contribution in [2.45, 2.75) is 19.3 Å². The molecule has 0 radical (unpaired) electrons. The smallest absolute Gasteiger partial charge is 0.270 e. The SMILES string of the molecule is O=C1/C(=C/c2ccc([N+](=O)[O-])cc2)SC(=S)N1C[NH+]1CCCCC1. The molecule has 1 N–H and O–H groups in total. The van der Waals surface area contributed by atoms with E-state index >= 15 is 0 Å². The fourth-order valence-electron chi connectivity index (χ4n) is 2.91. The first-order chi connectivity index (χ1) is 11.5. The van der Waals surface area contributed by atoms with Crippen LogP contribution in [0.15, 0.2) is 29.2 Å². The maximum absolute atomic E-state index is 12.6. The van der Waals surface area contributed by atoms with Gasteiger partial charge < -0.3 is 4.90 Å². The Bertz CT molecular complexity index is 697. The predicted molar refractivity (Wildman–Crippen MR) is 97.5 cm³/mol. The highest BCUT2D eigenvalue weighted by Crippen LogP contribution is 2.32. The van der Waals surface area contributed by atoms with Gasteiger partial charge in [-0.25, -0.2) is 4.90 Å². The Balaban J connectivity index is 1.71. The summed E-state index contributed by atoms with van der Waals surface area (Å²) in [5.74, 6) is -0.0681. The molecule has 6 nitrogen and oxygen atoms in total. The van der Waals surface area contributed by atoms with Crippen molar-refractivity contribution in [3.63, 3.8) is 0 Å². The zero-order chi connectivity index (χ0) is 17.1. The lowest BCUT2D eigenvalue weighted by Gasteiger charge is -2.27. The zero-order valence-corrected chi connectivity index (χ0v) is 14.7. The second-order valence-corrected chi connectivity index (χ2v) is 7.60. The molecule has 2 aliphatic heterocycles. The molecule has 1 amide bonds. The number of thiocarbonyl (C=S) groups is 1. The summed E-state index contributed by atoms with van der Waals surface area (Å²) in [7, 11) is 0. The van der Waals surface area contributed by atoms with E-state index in [4.69, 9.17) is 12.2 Å². The van der Waals surface area contributed by atoms with Gasteiger partial charge in [-0.05, 0) is 43.0 Å². The first-order valence-electron chi connectivity index (χ1n) is 7.88. The van der Waals surface area contributed by atoms with Gasteiger partial charge in [0.1, 0.15) is 0 Å². The molecule has 24 heavy (non-hydrogen) atoms. The number of hydrogen-bond acceptors (Lipinski definition) is 5. The van der Waals surface area contributed by atoms with E-state index in [0.29, 0.717) is 15.9 Å². The molecule has 0 spiro atoms. The minimum atomic E-state index is -0.440. The number of amides is 1. The van der Waals surface area contributed by atoms with Crippen LogP contribution < -0.4 is 4.90 Å². The van der Waals surface area contributed by atoms with Crippen molar-refractivity contribution in [3.8, 4) is 0 Å². The van der Waals surface area contributed by atoms with E-state index < -0.39 is 4.92 Å². The monoisotopic (exact) mass is 364 g/mol. The number of piperidine rings is 1. The summed E-state index contributed by atoms with van der Waals surface area (Å²) in [6.07, 6.45) is 5.40. The second-order valence-electron chi connectivity index (χ2n) is 5.93. The van der Waals surface area contributed by atoms with Crippen LogP contribution in [0.5, 0.6) is 0 Å². The molecule has 0 atom stereocenters. The van der Waals surface area contributed by atoms with E-state index in [9.17, 15) is 14.9 Å². The Labute approximate surface area is 149 Å². The van der Waals surface area contributed by atoms with Crippen molar-refractivity contribution in [2.24, 2.45) is 0 Å². The molecule has 0 saturated carbocycles. The number of rotatable bonds is 4. The third-order valence-corrected chi connectivity index (χ3v) is 5.60. The lowest BCUT2D eigenvalue weighted by atomic mass is 10.1. The molecule has 3 rings (SSSR count). The first kappa shape index (κ1) is 17.1. The van der Waals surface area contributed by atoms with Crippen LogP contribution in [0.3, 0.4) is 0 Å². The normalized spacial score (nSPS) is 20.8. The van der Waals surface area contributed by atoms with Crippen LogP contribution >= 0.6 is 24.0 Å². The van der Waals surface area contributed by atoms with Crippen molar-refractivity contribution in [2.75, 3.05) is 19.8 Å². The molecule has 2 heterocycles. The van der Waals surface area contributed by atoms with Crippen LogP contribution in [0, 0.1) is 10.1 Å². The minimum Gasteiger partial charge on any atom is -0.317 e. The van der Waals surface area contributed by atoms with E-state index in [-0.39, 0.29) is 11.6 Å². The number of likely N-dealkylation sites (tertiary alicyclic amines) is 1. The maximum Gasteiger partial charge on any atom is 0.270 e. The molecule has 0 bridgehead atoms. The fraction of sp³-hybridized carbons (Fsp3) is 0.375. The summed E-state index contributed by atoms with van der Waals surface area (Å²) in [6, 6.07) is 6.15. The van der Waals surface area contributed by atoms with Gasteiger partial charge in [0.25, 0.3) is 11.6 Å².